The van der Waals surface area contributed by atoms with Gasteiger partial charge in [-0.05, 0) is 32.4 Å². The highest BCUT2D eigenvalue weighted by Gasteiger charge is 2.26. The van der Waals surface area contributed by atoms with Crippen molar-refractivity contribution in [2.24, 2.45) is 11.7 Å². The van der Waals surface area contributed by atoms with E-state index in [0.717, 1.165) is 12.2 Å². The van der Waals surface area contributed by atoms with E-state index in [4.69, 9.17) is 5.73 Å². The molecule has 0 radical (unpaired) electrons. The summed E-state index contributed by atoms with van der Waals surface area (Å²) in [4.78, 5) is 10.9. The molecule has 0 spiro atoms. The molecule has 2 rings (SSSR count). The number of hydrogen-bond donors (Lipinski definition) is 1. The van der Waals surface area contributed by atoms with Crippen molar-refractivity contribution in [3.05, 3.63) is 24.3 Å². The summed E-state index contributed by atoms with van der Waals surface area (Å²) in [7, 11) is 2.18. The molecule has 0 bridgehead atoms. The topological polar surface area (TPSA) is 55.0 Å². The fourth-order valence-electron chi connectivity index (χ4n) is 2.59. The molecular formula is C12H20N4. The molecule has 4 nitrogen and oxygen atoms in total. The molecular weight excluding hydrogens is 200 g/mol. The molecule has 1 saturated heterocycles. The molecule has 1 fully saturated rings. The first-order valence-electron chi connectivity index (χ1n) is 5.95. The fraction of sp³-hybridized carbons (Fsp3) is 0.667. The van der Waals surface area contributed by atoms with Crippen LogP contribution in [-0.2, 0) is 0 Å². The molecule has 1 aliphatic heterocycles. The van der Waals surface area contributed by atoms with Crippen LogP contribution in [0.5, 0.6) is 0 Å². The molecule has 0 aromatic carbocycles. The first-order valence-corrected chi connectivity index (χ1v) is 5.95. The smallest absolute Gasteiger partial charge is 0.0633 e. The average molecular weight is 220 g/mol. The standard InChI is InChI=1S/C12H20N4/c1-16-6-2-3-10(9-16)11(7-13)12-8-14-4-5-15-12/h4-5,8,10-11H,2-3,6-7,9,13H2,1H3. The van der Waals surface area contributed by atoms with E-state index in [0.29, 0.717) is 18.4 Å². The van der Waals surface area contributed by atoms with E-state index >= 15 is 0 Å². The highest BCUT2D eigenvalue weighted by atomic mass is 15.1. The highest BCUT2D eigenvalue weighted by molar-refractivity contribution is 5.07. The number of rotatable bonds is 3. The summed E-state index contributed by atoms with van der Waals surface area (Å²) in [5, 5.41) is 0. The number of aromatic nitrogens is 2. The van der Waals surface area contributed by atoms with E-state index in [-0.39, 0.29) is 0 Å². The van der Waals surface area contributed by atoms with Gasteiger partial charge < -0.3 is 10.6 Å². The lowest BCUT2D eigenvalue weighted by Gasteiger charge is -2.34. The number of hydrogen-bond acceptors (Lipinski definition) is 4. The van der Waals surface area contributed by atoms with Crippen LogP contribution < -0.4 is 5.73 Å². The van der Waals surface area contributed by atoms with Gasteiger partial charge in [0.2, 0.25) is 0 Å². The quantitative estimate of drug-likeness (QED) is 0.821. The van der Waals surface area contributed by atoms with Gasteiger partial charge in [0, 0.05) is 37.6 Å². The first kappa shape index (κ1) is 11.5. The maximum atomic E-state index is 5.89. The molecule has 2 heterocycles. The van der Waals surface area contributed by atoms with Crippen LogP contribution in [0.4, 0.5) is 0 Å². The summed E-state index contributed by atoms with van der Waals surface area (Å²) in [6.45, 7) is 2.99. The van der Waals surface area contributed by atoms with Gasteiger partial charge in [-0.1, -0.05) is 0 Å². The minimum absolute atomic E-state index is 0.358. The summed E-state index contributed by atoms with van der Waals surface area (Å²) >= 11 is 0. The third kappa shape index (κ3) is 2.57. The Labute approximate surface area is 96.9 Å². The third-order valence-electron chi connectivity index (χ3n) is 3.45. The van der Waals surface area contributed by atoms with E-state index in [1.54, 1.807) is 12.4 Å². The SMILES string of the molecule is CN1CCCC(C(CN)c2cnccn2)C1. The molecule has 1 aromatic rings. The second-order valence-electron chi connectivity index (χ2n) is 4.64. The van der Waals surface area contributed by atoms with Crippen LogP contribution in [0.1, 0.15) is 24.5 Å². The Morgan fingerprint density at radius 3 is 3.06 bits per heavy atom. The lowest BCUT2D eigenvalue weighted by atomic mass is 9.83. The van der Waals surface area contributed by atoms with Crippen molar-refractivity contribution >= 4 is 0 Å². The Bertz CT molecular complexity index is 314. The molecule has 0 amide bonds. The van der Waals surface area contributed by atoms with Crippen molar-refractivity contribution in [1.29, 1.82) is 0 Å². The van der Waals surface area contributed by atoms with Crippen LogP contribution in [-0.4, -0.2) is 41.5 Å². The van der Waals surface area contributed by atoms with E-state index in [1.165, 1.54) is 19.4 Å². The van der Waals surface area contributed by atoms with Gasteiger partial charge in [0.15, 0.2) is 0 Å². The largest absolute Gasteiger partial charge is 0.330 e. The lowest BCUT2D eigenvalue weighted by Crippen LogP contribution is -2.37. The Kier molecular flexibility index (Phi) is 3.85. The number of nitrogens with two attached hydrogens (primary N) is 1. The lowest BCUT2D eigenvalue weighted by molar-refractivity contribution is 0.187. The van der Waals surface area contributed by atoms with Crippen LogP contribution in [0.25, 0.3) is 0 Å². The van der Waals surface area contributed by atoms with Crippen LogP contribution in [0.15, 0.2) is 18.6 Å². The Morgan fingerprint density at radius 2 is 2.44 bits per heavy atom. The van der Waals surface area contributed by atoms with Crippen molar-refractivity contribution in [3.8, 4) is 0 Å². The normalized spacial score (nSPS) is 24.2. The fourth-order valence-corrected chi connectivity index (χ4v) is 2.59. The summed E-state index contributed by atoms with van der Waals surface area (Å²) < 4.78 is 0. The molecule has 1 aliphatic rings. The number of piperidine rings is 1. The average Bonchev–Trinajstić information content (AvgIpc) is 2.31. The maximum Gasteiger partial charge on any atom is 0.0633 e. The Hall–Kier alpha value is -1.00. The van der Waals surface area contributed by atoms with Crippen LogP contribution in [0, 0.1) is 5.92 Å². The Balaban J connectivity index is 2.10. The predicted molar refractivity (Wildman–Crippen MR) is 64.0 cm³/mol. The molecule has 2 N–H and O–H groups in total. The van der Waals surface area contributed by atoms with Gasteiger partial charge in [-0.3, -0.25) is 9.97 Å². The zero-order valence-electron chi connectivity index (χ0n) is 9.84. The molecule has 16 heavy (non-hydrogen) atoms. The van der Waals surface area contributed by atoms with Gasteiger partial charge >= 0.3 is 0 Å². The molecule has 0 aliphatic carbocycles. The first-order chi connectivity index (χ1) is 7.81. The molecule has 2 unspecified atom stereocenters. The Morgan fingerprint density at radius 1 is 1.56 bits per heavy atom. The monoisotopic (exact) mass is 220 g/mol. The van der Waals surface area contributed by atoms with Crippen LogP contribution >= 0.6 is 0 Å². The zero-order chi connectivity index (χ0) is 11.4. The zero-order valence-corrected chi connectivity index (χ0v) is 9.84. The van der Waals surface area contributed by atoms with Crippen molar-refractivity contribution in [2.45, 2.75) is 18.8 Å². The second kappa shape index (κ2) is 5.37. The van der Waals surface area contributed by atoms with Gasteiger partial charge in [-0.25, -0.2) is 0 Å². The van der Waals surface area contributed by atoms with E-state index in [2.05, 4.69) is 21.9 Å². The minimum atomic E-state index is 0.358. The second-order valence-corrected chi connectivity index (χ2v) is 4.64. The van der Waals surface area contributed by atoms with E-state index < -0.39 is 0 Å². The molecule has 1 aromatic heterocycles. The summed E-state index contributed by atoms with van der Waals surface area (Å²) in [6.07, 6.45) is 7.83. The minimum Gasteiger partial charge on any atom is -0.330 e. The van der Waals surface area contributed by atoms with Crippen molar-refractivity contribution < 1.29 is 0 Å². The van der Waals surface area contributed by atoms with Crippen molar-refractivity contribution in [3.63, 3.8) is 0 Å². The molecule has 0 saturated carbocycles. The summed E-state index contributed by atoms with van der Waals surface area (Å²) in [6, 6.07) is 0. The molecule has 4 heteroatoms. The van der Waals surface area contributed by atoms with Gasteiger partial charge in [-0.2, -0.15) is 0 Å². The summed E-state index contributed by atoms with van der Waals surface area (Å²) in [5.74, 6) is 0.983. The van der Waals surface area contributed by atoms with Gasteiger partial charge in [0.05, 0.1) is 5.69 Å². The van der Waals surface area contributed by atoms with E-state index in [1.807, 2.05) is 6.20 Å². The van der Waals surface area contributed by atoms with Gasteiger partial charge in [0.25, 0.3) is 0 Å². The third-order valence-corrected chi connectivity index (χ3v) is 3.45. The molecule has 88 valence electrons. The highest BCUT2D eigenvalue weighted by Crippen LogP contribution is 2.29. The van der Waals surface area contributed by atoms with Gasteiger partial charge in [0.1, 0.15) is 0 Å². The number of likely N-dealkylation sites (tertiary alicyclic amines) is 1. The van der Waals surface area contributed by atoms with Crippen LogP contribution in [0.3, 0.4) is 0 Å². The van der Waals surface area contributed by atoms with Crippen LogP contribution in [0.2, 0.25) is 0 Å². The van der Waals surface area contributed by atoms with Crippen molar-refractivity contribution in [2.75, 3.05) is 26.7 Å². The van der Waals surface area contributed by atoms with Crippen molar-refractivity contribution in [1.82, 2.24) is 14.9 Å². The maximum absolute atomic E-state index is 5.89. The number of nitrogens with zero attached hydrogens (tertiary/aromatic N) is 3. The predicted octanol–water partition coefficient (Wildman–Crippen LogP) is 0.861. The summed E-state index contributed by atoms with van der Waals surface area (Å²) in [5.41, 5.74) is 6.94. The molecule has 2 atom stereocenters. The van der Waals surface area contributed by atoms with Gasteiger partial charge in [-0.15, -0.1) is 0 Å². The van der Waals surface area contributed by atoms with E-state index in [9.17, 15) is 0 Å².